The van der Waals surface area contributed by atoms with E-state index in [-0.39, 0.29) is 24.6 Å². The molecular formula is C21H19N3O4S2. The molecule has 0 aliphatic heterocycles. The van der Waals surface area contributed by atoms with Crippen molar-refractivity contribution < 1.29 is 9.53 Å². The maximum Gasteiger partial charge on any atom is 0.332 e. The SMILES string of the molecule is COc1ccccc1NC(=O)Cn1c(=O)n(CCc2cccs2)c(=O)c2sccc21. The monoisotopic (exact) mass is 441 g/mol. The van der Waals surface area contributed by atoms with E-state index in [1.54, 1.807) is 47.0 Å². The van der Waals surface area contributed by atoms with Gasteiger partial charge in [0.2, 0.25) is 5.91 Å². The number of methoxy groups -OCH3 is 1. The largest absolute Gasteiger partial charge is 0.495 e. The summed E-state index contributed by atoms with van der Waals surface area (Å²) in [6.45, 7) is 0.0591. The number of aromatic nitrogens is 2. The van der Waals surface area contributed by atoms with Gasteiger partial charge >= 0.3 is 5.69 Å². The summed E-state index contributed by atoms with van der Waals surface area (Å²) < 4.78 is 8.29. The van der Waals surface area contributed by atoms with Gasteiger partial charge in [-0.1, -0.05) is 18.2 Å². The molecule has 0 bridgehead atoms. The Morgan fingerprint density at radius 2 is 1.87 bits per heavy atom. The second kappa shape index (κ2) is 8.68. The molecule has 30 heavy (non-hydrogen) atoms. The quantitative estimate of drug-likeness (QED) is 0.478. The topological polar surface area (TPSA) is 82.3 Å². The Morgan fingerprint density at radius 3 is 2.63 bits per heavy atom. The van der Waals surface area contributed by atoms with E-state index >= 15 is 0 Å². The van der Waals surface area contributed by atoms with E-state index in [1.807, 2.05) is 17.5 Å². The average molecular weight is 442 g/mol. The fourth-order valence-corrected chi connectivity index (χ4v) is 4.78. The number of rotatable bonds is 7. The number of anilines is 1. The number of hydrogen-bond donors (Lipinski definition) is 1. The molecule has 3 heterocycles. The van der Waals surface area contributed by atoms with Crippen LogP contribution < -0.4 is 21.3 Å². The molecule has 154 valence electrons. The minimum Gasteiger partial charge on any atom is -0.495 e. The van der Waals surface area contributed by atoms with E-state index < -0.39 is 5.69 Å². The molecule has 1 N–H and O–H groups in total. The van der Waals surface area contributed by atoms with Crippen molar-refractivity contribution in [3.05, 3.63) is 78.9 Å². The van der Waals surface area contributed by atoms with Gasteiger partial charge in [0.25, 0.3) is 5.56 Å². The summed E-state index contributed by atoms with van der Waals surface area (Å²) >= 11 is 2.85. The molecule has 1 aromatic carbocycles. The summed E-state index contributed by atoms with van der Waals surface area (Å²) in [7, 11) is 1.52. The molecule has 7 nitrogen and oxygen atoms in total. The first-order valence-corrected chi connectivity index (χ1v) is 11.0. The Labute approximate surface area is 179 Å². The van der Waals surface area contributed by atoms with Crippen LogP contribution in [0.5, 0.6) is 5.75 Å². The Hall–Kier alpha value is -3.17. The third kappa shape index (κ3) is 3.94. The number of carbonyl (C=O) groups is 1. The van der Waals surface area contributed by atoms with E-state index in [2.05, 4.69) is 5.32 Å². The van der Waals surface area contributed by atoms with E-state index in [4.69, 9.17) is 4.74 Å². The summed E-state index contributed by atoms with van der Waals surface area (Å²) in [5, 5.41) is 6.49. The first-order valence-electron chi connectivity index (χ1n) is 9.24. The van der Waals surface area contributed by atoms with E-state index in [9.17, 15) is 14.4 Å². The van der Waals surface area contributed by atoms with Gasteiger partial charge in [0, 0.05) is 11.4 Å². The summed E-state index contributed by atoms with van der Waals surface area (Å²) in [6.07, 6.45) is 0.580. The summed E-state index contributed by atoms with van der Waals surface area (Å²) in [4.78, 5) is 39.7. The standard InChI is InChI=1S/C21H19N3O4S2/c1-28-17-7-3-2-6-15(17)22-18(25)13-24-16-9-12-30-19(16)20(26)23(21(24)27)10-8-14-5-4-11-29-14/h2-7,9,11-12H,8,10,13H2,1H3,(H,22,25). The molecule has 0 aliphatic rings. The van der Waals surface area contributed by atoms with Crippen LogP contribution in [0.1, 0.15) is 4.88 Å². The Morgan fingerprint density at radius 1 is 1.03 bits per heavy atom. The van der Waals surface area contributed by atoms with Crippen LogP contribution in [0.3, 0.4) is 0 Å². The molecule has 9 heteroatoms. The molecule has 0 spiro atoms. The number of nitrogens with one attached hydrogen (secondary N) is 1. The normalized spacial score (nSPS) is 11.0. The van der Waals surface area contributed by atoms with E-state index in [0.29, 0.717) is 28.1 Å². The van der Waals surface area contributed by atoms with Gasteiger partial charge in [-0.3, -0.25) is 18.7 Å². The van der Waals surface area contributed by atoms with Crippen molar-refractivity contribution in [2.75, 3.05) is 12.4 Å². The van der Waals surface area contributed by atoms with Gasteiger partial charge in [0.05, 0.1) is 18.3 Å². The molecule has 0 radical (unpaired) electrons. The molecule has 1 amide bonds. The molecule has 3 aromatic heterocycles. The Kier molecular flexibility index (Phi) is 5.82. The second-order valence-corrected chi connectivity index (χ2v) is 8.49. The second-order valence-electron chi connectivity index (χ2n) is 6.54. The van der Waals surface area contributed by atoms with Crippen molar-refractivity contribution in [3.8, 4) is 5.75 Å². The lowest BCUT2D eigenvalue weighted by atomic mass is 10.3. The van der Waals surface area contributed by atoms with Crippen LogP contribution >= 0.6 is 22.7 Å². The molecule has 0 unspecified atom stereocenters. The van der Waals surface area contributed by atoms with Crippen LogP contribution in [-0.2, 0) is 24.3 Å². The molecule has 0 saturated carbocycles. The fourth-order valence-electron chi connectivity index (χ4n) is 3.24. The third-order valence-corrected chi connectivity index (χ3v) is 6.51. The Bertz CT molecular complexity index is 1300. The van der Waals surface area contributed by atoms with Crippen molar-refractivity contribution in [1.82, 2.24) is 9.13 Å². The third-order valence-electron chi connectivity index (χ3n) is 4.68. The lowest BCUT2D eigenvalue weighted by Gasteiger charge is -2.13. The first-order chi connectivity index (χ1) is 14.6. The van der Waals surface area contributed by atoms with Crippen molar-refractivity contribution in [3.63, 3.8) is 0 Å². The molecule has 0 saturated heterocycles. The average Bonchev–Trinajstić information content (AvgIpc) is 3.43. The number of benzene rings is 1. The van der Waals surface area contributed by atoms with Crippen LogP contribution in [0.4, 0.5) is 5.69 Å². The van der Waals surface area contributed by atoms with Gasteiger partial charge in [0.1, 0.15) is 17.0 Å². The van der Waals surface area contributed by atoms with Gasteiger partial charge in [-0.05, 0) is 41.4 Å². The minimum absolute atomic E-state index is 0.205. The van der Waals surface area contributed by atoms with Crippen LogP contribution in [0.15, 0.2) is 62.8 Å². The number of amides is 1. The molecule has 0 fully saturated rings. The highest BCUT2D eigenvalue weighted by Crippen LogP contribution is 2.23. The molecule has 0 atom stereocenters. The van der Waals surface area contributed by atoms with Crippen LogP contribution in [0.2, 0.25) is 0 Å². The Balaban J connectivity index is 1.66. The molecule has 0 aliphatic carbocycles. The molecule has 4 aromatic rings. The number of thiophene rings is 2. The van der Waals surface area contributed by atoms with Crippen molar-refractivity contribution in [2.24, 2.45) is 0 Å². The highest BCUT2D eigenvalue weighted by Gasteiger charge is 2.17. The van der Waals surface area contributed by atoms with Gasteiger partial charge in [-0.25, -0.2) is 4.79 Å². The number of carbonyl (C=O) groups excluding carboxylic acids is 1. The summed E-state index contributed by atoms with van der Waals surface area (Å²) in [5.74, 6) is 0.150. The number of hydrogen-bond acceptors (Lipinski definition) is 6. The highest BCUT2D eigenvalue weighted by atomic mass is 32.1. The fraction of sp³-hybridized carbons (Fsp3) is 0.190. The lowest BCUT2D eigenvalue weighted by Crippen LogP contribution is -2.41. The van der Waals surface area contributed by atoms with Gasteiger partial charge < -0.3 is 10.1 Å². The lowest BCUT2D eigenvalue weighted by molar-refractivity contribution is -0.116. The summed E-state index contributed by atoms with van der Waals surface area (Å²) in [6, 6.07) is 12.7. The molecule has 4 rings (SSSR count). The number of nitrogens with zero attached hydrogens (tertiary/aromatic N) is 2. The predicted octanol–water partition coefficient (Wildman–Crippen LogP) is 3.18. The maximum atomic E-state index is 13.1. The minimum atomic E-state index is -0.488. The predicted molar refractivity (Wildman–Crippen MR) is 120 cm³/mol. The summed E-state index contributed by atoms with van der Waals surface area (Å²) in [5.41, 5.74) is 0.184. The van der Waals surface area contributed by atoms with Crippen LogP contribution in [-0.4, -0.2) is 22.2 Å². The first kappa shape index (κ1) is 20.1. The van der Waals surface area contributed by atoms with E-state index in [0.717, 1.165) is 4.88 Å². The molecular weight excluding hydrogens is 422 g/mol. The van der Waals surface area contributed by atoms with Crippen molar-refractivity contribution in [2.45, 2.75) is 19.5 Å². The number of aryl methyl sites for hydroxylation is 1. The zero-order valence-electron chi connectivity index (χ0n) is 16.2. The van der Waals surface area contributed by atoms with Crippen LogP contribution in [0, 0.1) is 0 Å². The number of para-hydroxylation sites is 2. The van der Waals surface area contributed by atoms with Crippen LogP contribution in [0.25, 0.3) is 10.2 Å². The maximum absolute atomic E-state index is 13.1. The van der Waals surface area contributed by atoms with Gasteiger partial charge in [-0.2, -0.15) is 0 Å². The highest BCUT2D eigenvalue weighted by molar-refractivity contribution is 7.17. The smallest absolute Gasteiger partial charge is 0.332 e. The van der Waals surface area contributed by atoms with Gasteiger partial charge in [-0.15, -0.1) is 22.7 Å². The van der Waals surface area contributed by atoms with Crippen molar-refractivity contribution in [1.29, 1.82) is 0 Å². The van der Waals surface area contributed by atoms with Gasteiger partial charge in [0.15, 0.2) is 0 Å². The number of ether oxygens (including phenoxy) is 1. The zero-order chi connectivity index (χ0) is 21.1. The number of fused-ring (bicyclic) bond motifs is 1. The van der Waals surface area contributed by atoms with E-state index in [1.165, 1.54) is 27.6 Å². The van der Waals surface area contributed by atoms with Crippen molar-refractivity contribution >= 4 is 44.5 Å². The zero-order valence-corrected chi connectivity index (χ0v) is 17.8.